The lowest BCUT2D eigenvalue weighted by Gasteiger charge is -2.46. The number of imide groups is 1. The molecular formula is C27H35FN4O4. The molecule has 6 rings (SSSR count). The zero-order valence-corrected chi connectivity index (χ0v) is 20.6. The van der Waals surface area contributed by atoms with Crippen LogP contribution in [0.25, 0.3) is 0 Å². The average Bonchev–Trinajstić information content (AvgIpc) is 3.19. The molecule has 8 nitrogen and oxygen atoms in total. The minimum Gasteiger partial charge on any atom is -0.375 e. The molecule has 0 bridgehead atoms. The SMILES string of the molecule is O=C1CCC(N2Cc3c(ccc(C4CCN([C@H]5C[C@H](OC6CCNCC6)C5)CC4)c3F)C2=O)C(=O)N1. The quantitative estimate of drug-likeness (QED) is 0.604. The summed E-state index contributed by atoms with van der Waals surface area (Å²) in [5.74, 6) is -1.29. The maximum absolute atomic E-state index is 15.7. The van der Waals surface area contributed by atoms with Crippen LogP contribution >= 0.6 is 0 Å². The highest BCUT2D eigenvalue weighted by molar-refractivity contribution is 6.05. The largest absolute Gasteiger partial charge is 0.375 e. The first-order chi connectivity index (χ1) is 17.5. The Morgan fingerprint density at radius 3 is 2.42 bits per heavy atom. The number of piperidine rings is 3. The third kappa shape index (κ3) is 4.46. The Balaban J connectivity index is 1.04. The number of hydrogen-bond acceptors (Lipinski definition) is 6. The monoisotopic (exact) mass is 498 g/mol. The van der Waals surface area contributed by atoms with Crippen LogP contribution in [0.5, 0.6) is 0 Å². The molecule has 0 radical (unpaired) electrons. The first kappa shape index (κ1) is 24.0. The van der Waals surface area contributed by atoms with Crippen LogP contribution in [0.2, 0.25) is 0 Å². The third-order valence-electron chi connectivity index (χ3n) is 8.91. The molecule has 1 saturated carbocycles. The molecule has 4 fully saturated rings. The molecule has 4 heterocycles. The first-order valence-corrected chi connectivity index (χ1v) is 13.5. The molecule has 3 amide bonds. The van der Waals surface area contributed by atoms with E-state index in [0.29, 0.717) is 34.9 Å². The van der Waals surface area contributed by atoms with Crippen LogP contribution in [0.15, 0.2) is 12.1 Å². The summed E-state index contributed by atoms with van der Waals surface area (Å²) in [4.78, 5) is 40.7. The number of carbonyl (C=O) groups excluding carboxylic acids is 3. The van der Waals surface area contributed by atoms with E-state index in [4.69, 9.17) is 4.74 Å². The summed E-state index contributed by atoms with van der Waals surface area (Å²) < 4.78 is 22.0. The fourth-order valence-electron chi connectivity index (χ4n) is 6.66. The second kappa shape index (κ2) is 9.84. The molecule has 5 aliphatic rings. The van der Waals surface area contributed by atoms with Crippen LogP contribution in [-0.4, -0.2) is 78.0 Å². The van der Waals surface area contributed by atoms with Gasteiger partial charge in [0.05, 0.1) is 18.8 Å². The van der Waals surface area contributed by atoms with Gasteiger partial charge < -0.3 is 19.9 Å². The zero-order chi connectivity index (χ0) is 24.8. The first-order valence-electron chi connectivity index (χ1n) is 13.5. The number of nitrogens with zero attached hydrogens (tertiary/aromatic N) is 2. The lowest BCUT2D eigenvalue weighted by molar-refractivity contribution is -0.136. The predicted octanol–water partition coefficient (Wildman–Crippen LogP) is 2.07. The third-order valence-corrected chi connectivity index (χ3v) is 8.91. The van der Waals surface area contributed by atoms with Crippen molar-refractivity contribution >= 4 is 17.7 Å². The van der Waals surface area contributed by atoms with Gasteiger partial charge in [-0.1, -0.05) is 6.07 Å². The van der Waals surface area contributed by atoms with Crippen LogP contribution in [0.3, 0.4) is 0 Å². The summed E-state index contributed by atoms with van der Waals surface area (Å²) in [6.45, 7) is 4.09. The van der Waals surface area contributed by atoms with E-state index in [1.165, 1.54) is 4.90 Å². The Morgan fingerprint density at radius 2 is 1.69 bits per heavy atom. The van der Waals surface area contributed by atoms with E-state index in [9.17, 15) is 14.4 Å². The van der Waals surface area contributed by atoms with Crippen molar-refractivity contribution in [1.82, 2.24) is 20.4 Å². The van der Waals surface area contributed by atoms with Gasteiger partial charge in [-0.05, 0) is 88.7 Å². The molecule has 3 saturated heterocycles. The summed E-state index contributed by atoms with van der Waals surface area (Å²) in [5, 5.41) is 5.68. The molecule has 194 valence electrons. The van der Waals surface area contributed by atoms with Gasteiger partial charge in [-0.2, -0.15) is 0 Å². The number of likely N-dealkylation sites (tertiary alicyclic amines) is 1. The van der Waals surface area contributed by atoms with Gasteiger partial charge >= 0.3 is 0 Å². The van der Waals surface area contributed by atoms with Crippen LogP contribution in [0.4, 0.5) is 4.39 Å². The van der Waals surface area contributed by atoms with Gasteiger partial charge in [0, 0.05) is 23.6 Å². The fraction of sp³-hybridized carbons (Fsp3) is 0.667. The van der Waals surface area contributed by atoms with Crippen molar-refractivity contribution in [2.45, 2.75) is 88.1 Å². The summed E-state index contributed by atoms with van der Waals surface area (Å²) in [5.41, 5.74) is 1.42. The lowest BCUT2D eigenvalue weighted by Crippen LogP contribution is -2.52. The maximum atomic E-state index is 15.7. The molecule has 36 heavy (non-hydrogen) atoms. The molecule has 4 aliphatic heterocycles. The molecule has 2 N–H and O–H groups in total. The summed E-state index contributed by atoms with van der Waals surface area (Å²) in [7, 11) is 0. The number of amides is 3. The number of rotatable bonds is 5. The number of hydrogen-bond donors (Lipinski definition) is 2. The van der Waals surface area contributed by atoms with E-state index in [2.05, 4.69) is 15.5 Å². The molecule has 0 spiro atoms. The van der Waals surface area contributed by atoms with Crippen molar-refractivity contribution in [2.24, 2.45) is 0 Å². The standard InChI is InChI=1S/C27H35FN4O4/c28-25-20(1-2-21-22(25)15-32(27(21)35)23-3-4-24(33)30-26(23)34)16-7-11-31(12-8-16)17-13-19(14-17)36-18-5-9-29-10-6-18/h1-2,16-19,23,29H,3-15H2,(H,30,33,34)/t17-,19-,23?. The highest BCUT2D eigenvalue weighted by Crippen LogP contribution is 2.39. The van der Waals surface area contributed by atoms with Gasteiger partial charge in [-0.25, -0.2) is 4.39 Å². The van der Waals surface area contributed by atoms with Gasteiger partial charge in [0.25, 0.3) is 5.91 Å². The van der Waals surface area contributed by atoms with Crippen molar-refractivity contribution in [2.75, 3.05) is 26.2 Å². The van der Waals surface area contributed by atoms with E-state index in [0.717, 1.165) is 64.7 Å². The van der Waals surface area contributed by atoms with Crippen molar-refractivity contribution < 1.29 is 23.5 Å². The molecule has 9 heteroatoms. The molecule has 1 atom stereocenters. The van der Waals surface area contributed by atoms with E-state index >= 15 is 4.39 Å². The Morgan fingerprint density at radius 1 is 0.944 bits per heavy atom. The fourth-order valence-corrected chi connectivity index (χ4v) is 6.66. The van der Waals surface area contributed by atoms with Gasteiger partial charge in [0.15, 0.2) is 0 Å². The maximum Gasteiger partial charge on any atom is 0.255 e. The normalized spacial score (nSPS) is 30.3. The van der Waals surface area contributed by atoms with Crippen LogP contribution in [0.1, 0.15) is 78.8 Å². The van der Waals surface area contributed by atoms with E-state index in [-0.39, 0.29) is 42.9 Å². The summed E-state index contributed by atoms with van der Waals surface area (Å²) >= 11 is 0. The number of nitrogens with one attached hydrogen (secondary N) is 2. The van der Waals surface area contributed by atoms with Gasteiger partial charge in [0.2, 0.25) is 11.8 Å². The molecular weight excluding hydrogens is 463 g/mol. The Hall–Kier alpha value is -2.36. The number of carbonyl (C=O) groups is 3. The Bertz CT molecular complexity index is 1040. The Kier molecular flexibility index (Phi) is 6.56. The molecule has 1 aromatic carbocycles. The highest BCUT2D eigenvalue weighted by Gasteiger charge is 2.42. The molecule has 1 aliphatic carbocycles. The van der Waals surface area contributed by atoms with Crippen molar-refractivity contribution in [3.8, 4) is 0 Å². The Labute approximate surface area is 210 Å². The predicted molar refractivity (Wildman–Crippen MR) is 130 cm³/mol. The number of fused-ring (bicyclic) bond motifs is 1. The molecule has 1 aromatic rings. The van der Waals surface area contributed by atoms with Gasteiger partial charge in [-0.15, -0.1) is 0 Å². The topological polar surface area (TPSA) is 91.0 Å². The second-order valence-electron chi connectivity index (χ2n) is 11.0. The number of ether oxygens (including phenoxy) is 1. The van der Waals surface area contributed by atoms with E-state index in [1.807, 2.05) is 0 Å². The molecule has 0 aromatic heterocycles. The lowest BCUT2D eigenvalue weighted by atomic mass is 9.83. The van der Waals surface area contributed by atoms with E-state index in [1.54, 1.807) is 12.1 Å². The van der Waals surface area contributed by atoms with Gasteiger partial charge in [0.1, 0.15) is 11.9 Å². The average molecular weight is 499 g/mol. The van der Waals surface area contributed by atoms with Crippen LogP contribution in [0, 0.1) is 5.82 Å². The minimum atomic E-state index is -0.723. The zero-order valence-electron chi connectivity index (χ0n) is 20.6. The van der Waals surface area contributed by atoms with Crippen LogP contribution in [-0.2, 0) is 20.9 Å². The minimum absolute atomic E-state index is 0.0828. The highest BCUT2D eigenvalue weighted by atomic mass is 19.1. The van der Waals surface area contributed by atoms with Crippen LogP contribution < -0.4 is 10.6 Å². The van der Waals surface area contributed by atoms with Crippen molar-refractivity contribution in [3.05, 3.63) is 34.6 Å². The van der Waals surface area contributed by atoms with E-state index < -0.39 is 11.9 Å². The smallest absolute Gasteiger partial charge is 0.255 e. The summed E-state index contributed by atoms with van der Waals surface area (Å²) in [6, 6.07) is 3.34. The molecule has 1 unspecified atom stereocenters. The van der Waals surface area contributed by atoms with Crippen molar-refractivity contribution in [1.29, 1.82) is 0 Å². The van der Waals surface area contributed by atoms with Crippen molar-refractivity contribution in [3.63, 3.8) is 0 Å². The van der Waals surface area contributed by atoms with Gasteiger partial charge in [-0.3, -0.25) is 19.7 Å². The summed E-state index contributed by atoms with van der Waals surface area (Å²) in [6.07, 6.45) is 7.47. The number of halogens is 1. The number of benzene rings is 1. The second-order valence-corrected chi connectivity index (χ2v) is 11.0.